The van der Waals surface area contributed by atoms with E-state index >= 15 is 0 Å². The molecule has 1 aromatic heterocycles. The minimum absolute atomic E-state index is 0.0904. The number of hydrogen-bond donors (Lipinski definition) is 1. The number of halogens is 1. The highest BCUT2D eigenvalue weighted by Crippen LogP contribution is 2.35. The van der Waals surface area contributed by atoms with Gasteiger partial charge in [-0.3, -0.25) is 0 Å². The van der Waals surface area contributed by atoms with Crippen molar-refractivity contribution in [2.45, 2.75) is 16.8 Å². The molecule has 1 aliphatic rings. The van der Waals surface area contributed by atoms with E-state index in [1.165, 1.54) is 12.1 Å². The average molecular weight is 418 g/mol. The van der Waals surface area contributed by atoms with Gasteiger partial charge in [-0.25, -0.2) is 12.8 Å². The Bertz CT molecular complexity index is 1170. The first-order valence-corrected chi connectivity index (χ1v) is 10.9. The van der Waals surface area contributed by atoms with Crippen LogP contribution >= 0.6 is 0 Å². The third kappa shape index (κ3) is 3.47. The van der Waals surface area contributed by atoms with Crippen molar-refractivity contribution < 1.29 is 17.5 Å². The van der Waals surface area contributed by atoms with Crippen LogP contribution in [0.2, 0.25) is 0 Å². The molecule has 2 heterocycles. The Kier molecular flexibility index (Phi) is 5.00. The molecule has 0 aliphatic carbocycles. The van der Waals surface area contributed by atoms with Gasteiger partial charge in [0, 0.05) is 37.1 Å². The van der Waals surface area contributed by atoms with Crippen molar-refractivity contribution in [2.24, 2.45) is 0 Å². The third-order valence-corrected chi connectivity index (χ3v) is 7.37. The van der Waals surface area contributed by atoms with Crippen LogP contribution in [0.4, 0.5) is 10.1 Å². The number of rotatable bonds is 4. The Morgan fingerprint density at radius 1 is 1.07 bits per heavy atom. The summed E-state index contributed by atoms with van der Waals surface area (Å²) in [7, 11) is -0.163. The van der Waals surface area contributed by atoms with Crippen molar-refractivity contribution in [3.8, 4) is 5.75 Å². The maximum Gasteiger partial charge on any atom is 0.222 e. The number of anilines is 1. The fraction of sp³-hybridized carbons (Fsp3) is 0.333. The molecule has 3 aromatic rings. The van der Waals surface area contributed by atoms with Crippen molar-refractivity contribution >= 4 is 26.4 Å². The van der Waals surface area contributed by atoms with E-state index in [0.29, 0.717) is 22.2 Å². The number of aryl methyl sites for hydroxylation is 1. The van der Waals surface area contributed by atoms with E-state index in [9.17, 15) is 12.8 Å². The fourth-order valence-electron chi connectivity index (χ4n) is 3.79. The number of fused-ring (bicyclic) bond motifs is 1. The normalized spacial score (nSPS) is 15.8. The molecule has 1 saturated heterocycles. The number of nitrogens with zero attached hydrogens (tertiary/aromatic N) is 2. The number of sulfone groups is 1. The number of hydrogen-bond acceptors (Lipinski definition) is 5. The molecule has 1 N–H and O–H groups in total. The van der Waals surface area contributed by atoms with Gasteiger partial charge in [0.1, 0.15) is 16.6 Å². The number of aromatic nitrogens is 1. The number of nitrogens with one attached hydrogen (secondary N) is 1. The summed E-state index contributed by atoms with van der Waals surface area (Å²) in [6, 6.07) is 9.14. The summed E-state index contributed by atoms with van der Waals surface area (Å²) in [5, 5.41) is 0.656. The number of ether oxygens (including phenoxy) is 1. The SMILES string of the molecule is COc1ccc(S(=O)(=O)c2[nH]c3ccc(F)cc3c2C)cc1N1CCN(C)CC1. The zero-order valence-corrected chi connectivity index (χ0v) is 17.5. The molecule has 0 unspecified atom stereocenters. The molecule has 0 amide bonds. The Labute approximate surface area is 169 Å². The van der Waals surface area contributed by atoms with Crippen LogP contribution in [0, 0.1) is 12.7 Å². The standard InChI is InChI=1S/C21H24FN3O3S/c1-14-17-12-15(22)4-6-18(17)23-21(14)29(26,27)16-5-7-20(28-3)19(13-16)25-10-8-24(2)9-11-25/h4-7,12-13,23H,8-11H2,1-3H3. The molecule has 6 nitrogen and oxygen atoms in total. The number of likely N-dealkylation sites (N-methyl/N-ethyl adjacent to an activating group) is 1. The van der Waals surface area contributed by atoms with Gasteiger partial charge in [0.15, 0.2) is 0 Å². The zero-order chi connectivity index (χ0) is 20.8. The summed E-state index contributed by atoms with van der Waals surface area (Å²) >= 11 is 0. The van der Waals surface area contributed by atoms with E-state index in [0.717, 1.165) is 31.9 Å². The topological polar surface area (TPSA) is 65.6 Å². The lowest BCUT2D eigenvalue weighted by molar-refractivity contribution is 0.311. The maximum atomic E-state index is 13.6. The molecule has 154 valence electrons. The highest BCUT2D eigenvalue weighted by Gasteiger charge is 2.26. The predicted octanol–water partition coefficient (Wildman–Crippen LogP) is 3.21. The van der Waals surface area contributed by atoms with Gasteiger partial charge in [0.2, 0.25) is 9.84 Å². The first kappa shape index (κ1) is 19.7. The van der Waals surface area contributed by atoms with Crippen molar-refractivity contribution in [1.29, 1.82) is 0 Å². The summed E-state index contributed by atoms with van der Waals surface area (Å²) in [6.45, 7) is 5.07. The molecule has 0 bridgehead atoms. The van der Waals surface area contributed by atoms with Gasteiger partial charge in [-0.2, -0.15) is 0 Å². The lowest BCUT2D eigenvalue weighted by Crippen LogP contribution is -2.44. The summed E-state index contributed by atoms with van der Waals surface area (Å²) in [6.07, 6.45) is 0. The lowest BCUT2D eigenvalue weighted by atomic mass is 10.2. The smallest absolute Gasteiger partial charge is 0.222 e. The third-order valence-electron chi connectivity index (χ3n) is 5.55. The van der Waals surface area contributed by atoms with Crippen molar-refractivity contribution in [1.82, 2.24) is 9.88 Å². The van der Waals surface area contributed by atoms with Crippen LogP contribution in [0.5, 0.6) is 5.75 Å². The molecule has 1 aliphatic heterocycles. The lowest BCUT2D eigenvalue weighted by Gasteiger charge is -2.34. The summed E-state index contributed by atoms with van der Waals surface area (Å²) < 4.78 is 45.9. The minimum Gasteiger partial charge on any atom is -0.495 e. The average Bonchev–Trinajstić information content (AvgIpc) is 3.05. The van der Waals surface area contributed by atoms with E-state index in [1.54, 1.807) is 38.3 Å². The molecular formula is C21H24FN3O3S. The second-order valence-electron chi connectivity index (χ2n) is 7.40. The molecule has 0 atom stereocenters. The Balaban J connectivity index is 1.80. The fourth-order valence-corrected chi connectivity index (χ4v) is 5.30. The van der Waals surface area contributed by atoms with Crippen LogP contribution in [0.3, 0.4) is 0 Å². The Morgan fingerprint density at radius 2 is 1.79 bits per heavy atom. The van der Waals surface area contributed by atoms with Crippen LogP contribution in [0.15, 0.2) is 46.3 Å². The quantitative estimate of drug-likeness (QED) is 0.706. The minimum atomic E-state index is -3.81. The molecule has 0 spiro atoms. The first-order valence-electron chi connectivity index (χ1n) is 9.45. The number of methoxy groups -OCH3 is 1. The van der Waals surface area contributed by atoms with E-state index < -0.39 is 15.7 Å². The van der Waals surface area contributed by atoms with Crippen molar-refractivity contribution in [3.05, 3.63) is 47.8 Å². The Hall–Kier alpha value is -2.58. The van der Waals surface area contributed by atoms with Crippen molar-refractivity contribution in [3.63, 3.8) is 0 Å². The highest BCUT2D eigenvalue weighted by molar-refractivity contribution is 7.91. The van der Waals surface area contributed by atoms with E-state index in [2.05, 4.69) is 21.8 Å². The molecule has 0 saturated carbocycles. The van der Waals surface area contributed by atoms with Gasteiger partial charge in [-0.05, 0) is 55.9 Å². The van der Waals surface area contributed by atoms with Gasteiger partial charge in [0.25, 0.3) is 0 Å². The second-order valence-corrected chi connectivity index (χ2v) is 9.28. The van der Waals surface area contributed by atoms with Crippen LogP contribution in [0.1, 0.15) is 5.56 Å². The number of aromatic amines is 1. The maximum absolute atomic E-state index is 13.6. The number of piperazine rings is 1. The van der Waals surface area contributed by atoms with Gasteiger partial charge >= 0.3 is 0 Å². The van der Waals surface area contributed by atoms with Crippen LogP contribution < -0.4 is 9.64 Å². The summed E-state index contributed by atoms with van der Waals surface area (Å²) in [5.41, 5.74) is 1.87. The van der Waals surface area contributed by atoms with Crippen LogP contribution in [-0.4, -0.2) is 58.6 Å². The molecule has 1 fully saturated rings. The second kappa shape index (κ2) is 7.35. The van der Waals surface area contributed by atoms with E-state index in [4.69, 9.17) is 4.74 Å². The molecule has 4 rings (SSSR count). The molecular weight excluding hydrogens is 393 g/mol. The predicted molar refractivity (Wildman–Crippen MR) is 111 cm³/mol. The number of benzene rings is 2. The molecule has 0 radical (unpaired) electrons. The van der Waals surface area contributed by atoms with Crippen LogP contribution in [-0.2, 0) is 9.84 Å². The zero-order valence-electron chi connectivity index (χ0n) is 16.7. The largest absolute Gasteiger partial charge is 0.495 e. The van der Waals surface area contributed by atoms with Gasteiger partial charge in [-0.1, -0.05) is 0 Å². The van der Waals surface area contributed by atoms with Crippen molar-refractivity contribution in [2.75, 3.05) is 45.2 Å². The summed E-state index contributed by atoms with van der Waals surface area (Å²) in [4.78, 5) is 7.52. The van der Waals surface area contributed by atoms with Crippen LogP contribution in [0.25, 0.3) is 10.9 Å². The van der Waals surface area contributed by atoms with Gasteiger partial charge in [-0.15, -0.1) is 0 Å². The first-order chi connectivity index (χ1) is 13.8. The highest BCUT2D eigenvalue weighted by atomic mass is 32.2. The Morgan fingerprint density at radius 3 is 2.48 bits per heavy atom. The van der Waals surface area contributed by atoms with Gasteiger partial charge < -0.3 is 19.5 Å². The molecule has 29 heavy (non-hydrogen) atoms. The molecule has 8 heteroatoms. The number of H-pyrrole nitrogens is 1. The van der Waals surface area contributed by atoms with E-state index in [1.807, 2.05) is 0 Å². The van der Waals surface area contributed by atoms with E-state index in [-0.39, 0.29) is 9.92 Å². The summed E-state index contributed by atoms with van der Waals surface area (Å²) in [5.74, 6) is 0.245. The monoisotopic (exact) mass is 417 g/mol. The van der Waals surface area contributed by atoms with Gasteiger partial charge in [0.05, 0.1) is 17.7 Å². The molecule has 2 aromatic carbocycles.